The van der Waals surface area contributed by atoms with Crippen LogP contribution < -0.4 is 10.5 Å². The van der Waals surface area contributed by atoms with Gasteiger partial charge in [0.25, 0.3) is 0 Å². The second-order valence-corrected chi connectivity index (χ2v) is 5.65. The van der Waals surface area contributed by atoms with Gasteiger partial charge in [0.15, 0.2) is 0 Å². The Labute approximate surface area is 115 Å². The Morgan fingerprint density at radius 2 is 2.16 bits per heavy atom. The van der Waals surface area contributed by atoms with Crippen molar-refractivity contribution in [2.24, 2.45) is 11.1 Å². The molecule has 0 aliphatic carbocycles. The first-order chi connectivity index (χ1) is 9.22. The minimum atomic E-state index is -0.377. The molecule has 1 aromatic rings. The fourth-order valence-electron chi connectivity index (χ4n) is 2.82. The standard InChI is InChI=1S/C16H25NO2/c1-2-3-4-9-15(18)16(11-17)10-13-7-5-6-8-14(13)19-12-16/h5-8,15,18H,2-4,9-12,17H2,1H3. The van der Waals surface area contributed by atoms with Gasteiger partial charge in [0, 0.05) is 12.0 Å². The Bertz CT molecular complexity index is 407. The number of hydrogen-bond donors (Lipinski definition) is 2. The summed E-state index contributed by atoms with van der Waals surface area (Å²) in [6, 6.07) is 8.04. The van der Waals surface area contributed by atoms with Gasteiger partial charge in [0.2, 0.25) is 0 Å². The van der Waals surface area contributed by atoms with E-state index in [0.29, 0.717) is 13.2 Å². The highest BCUT2D eigenvalue weighted by Crippen LogP contribution is 2.37. The summed E-state index contributed by atoms with van der Waals surface area (Å²) in [4.78, 5) is 0. The second kappa shape index (κ2) is 6.40. The lowest BCUT2D eigenvalue weighted by Crippen LogP contribution is -2.50. The van der Waals surface area contributed by atoms with Gasteiger partial charge in [0.1, 0.15) is 5.75 Å². The molecule has 0 spiro atoms. The molecule has 2 atom stereocenters. The van der Waals surface area contributed by atoms with Gasteiger partial charge in [-0.1, -0.05) is 44.4 Å². The summed E-state index contributed by atoms with van der Waals surface area (Å²) in [5.41, 5.74) is 6.80. The zero-order chi connectivity index (χ0) is 13.7. The lowest BCUT2D eigenvalue weighted by molar-refractivity contribution is -0.0199. The molecule has 1 aromatic carbocycles. The second-order valence-electron chi connectivity index (χ2n) is 5.65. The number of para-hydroxylation sites is 1. The van der Waals surface area contributed by atoms with Gasteiger partial charge in [-0.05, 0) is 24.5 Å². The molecule has 2 rings (SSSR count). The summed E-state index contributed by atoms with van der Waals surface area (Å²) >= 11 is 0. The molecule has 0 saturated heterocycles. The molecule has 1 aliphatic heterocycles. The van der Waals surface area contributed by atoms with Crippen LogP contribution in [0.15, 0.2) is 24.3 Å². The molecule has 3 nitrogen and oxygen atoms in total. The van der Waals surface area contributed by atoms with Crippen molar-refractivity contribution in [1.82, 2.24) is 0 Å². The van der Waals surface area contributed by atoms with Crippen LogP contribution in [0.5, 0.6) is 5.75 Å². The lowest BCUT2D eigenvalue weighted by Gasteiger charge is -2.40. The predicted octanol–water partition coefficient (Wildman–Crippen LogP) is 2.51. The molecule has 1 aliphatic rings. The van der Waals surface area contributed by atoms with Crippen molar-refractivity contribution in [3.05, 3.63) is 29.8 Å². The molecule has 0 aromatic heterocycles. The Morgan fingerprint density at radius 1 is 1.37 bits per heavy atom. The van der Waals surface area contributed by atoms with Crippen LogP contribution in [0.4, 0.5) is 0 Å². The fourth-order valence-corrected chi connectivity index (χ4v) is 2.82. The maximum atomic E-state index is 10.5. The zero-order valence-electron chi connectivity index (χ0n) is 11.8. The van der Waals surface area contributed by atoms with Crippen LogP contribution in [-0.2, 0) is 6.42 Å². The molecular weight excluding hydrogens is 238 g/mol. The molecular formula is C16H25NO2. The maximum Gasteiger partial charge on any atom is 0.122 e. The van der Waals surface area contributed by atoms with Crippen LogP contribution >= 0.6 is 0 Å². The third-order valence-electron chi connectivity index (χ3n) is 4.22. The van der Waals surface area contributed by atoms with E-state index >= 15 is 0 Å². The van der Waals surface area contributed by atoms with Crippen molar-refractivity contribution in [1.29, 1.82) is 0 Å². The largest absolute Gasteiger partial charge is 0.493 e. The molecule has 106 valence electrons. The molecule has 19 heavy (non-hydrogen) atoms. The van der Waals surface area contributed by atoms with Crippen LogP contribution in [0.1, 0.15) is 38.2 Å². The molecule has 0 fully saturated rings. The molecule has 0 radical (unpaired) electrons. The van der Waals surface area contributed by atoms with Gasteiger partial charge in [-0.15, -0.1) is 0 Å². The van der Waals surface area contributed by atoms with E-state index < -0.39 is 0 Å². The van der Waals surface area contributed by atoms with Crippen molar-refractivity contribution in [3.8, 4) is 5.75 Å². The van der Waals surface area contributed by atoms with E-state index in [1.54, 1.807) is 0 Å². The third kappa shape index (κ3) is 3.10. The van der Waals surface area contributed by atoms with Crippen LogP contribution in [0, 0.1) is 5.41 Å². The van der Waals surface area contributed by atoms with Gasteiger partial charge in [-0.25, -0.2) is 0 Å². The summed E-state index contributed by atoms with van der Waals surface area (Å²) in [7, 11) is 0. The van der Waals surface area contributed by atoms with E-state index in [1.807, 2.05) is 18.2 Å². The highest BCUT2D eigenvalue weighted by molar-refractivity contribution is 5.36. The summed E-state index contributed by atoms with van der Waals surface area (Å²) in [6.45, 7) is 3.16. The Hall–Kier alpha value is -1.06. The third-order valence-corrected chi connectivity index (χ3v) is 4.22. The summed E-state index contributed by atoms with van der Waals surface area (Å²) in [5, 5.41) is 10.5. The average Bonchev–Trinajstić information content (AvgIpc) is 2.46. The van der Waals surface area contributed by atoms with E-state index in [2.05, 4.69) is 13.0 Å². The number of benzene rings is 1. The highest BCUT2D eigenvalue weighted by Gasteiger charge is 2.40. The maximum absolute atomic E-state index is 10.5. The molecule has 2 unspecified atom stereocenters. The van der Waals surface area contributed by atoms with Gasteiger partial charge in [-0.2, -0.15) is 0 Å². The molecule has 0 amide bonds. The number of ether oxygens (including phenoxy) is 1. The Morgan fingerprint density at radius 3 is 2.89 bits per heavy atom. The first kappa shape index (κ1) is 14.4. The van der Waals surface area contributed by atoms with Crippen molar-refractivity contribution in [2.75, 3.05) is 13.2 Å². The monoisotopic (exact) mass is 263 g/mol. The number of unbranched alkanes of at least 4 members (excludes halogenated alkanes) is 2. The first-order valence-corrected chi connectivity index (χ1v) is 7.30. The van der Waals surface area contributed by atoms with Crippen molar-refractivity contribution >= 4 is 0 Å². The van der Waals surface area contributed by atoms with Crippen LogP contribution in [0.25, 0.3) is 0 Å². The number of fused-ring (bicyclic) bond motifs is 1. The average molecular weight is 263 g/mol. The predicted molar refractivity (Wildman–Crippen MR) is 77.3 cm³/mol. The van der Waals surface area contributed by atoms with Crippen molar-refractivity contribution in [3.63, 3.8) is 0 Å². The molecule has 3 heteroatoms. The van der Waals surface area contributed by atoms with Crippen LogP contribution in [0.2, 0.25) is 0 Å². The zero-order valence-corrected chi connectivity index (χ0v) is 11.8. The van der Waals surface area contributed by atoms with Crippen molar-refractivity contribution < 1.29 is 9.84 Å². The Kier molecular flexibility index (Phi) is 4.83. The van der Waals surface area contributed by atoms with E-state index in [9.17, 15) is 5.11 Å². The number of aliphatic hydroxyl groups is 1. The van der Waals surface area contributed by atoms with Gasteiger partial charge in [-0.3, -0.25) is 0 Å². The smallest absolute Gasteiger partial charge is 0.122 e. The number of hydrogen-bond acceptors (Lipinski definition) is 3. The highest BCUT2D eigenvalue weighted by atomic mass is 16.5. The topological polar surface area (TPSA) is 55.5 Å². The SMILES string of the molecule is CCCCCC(O)C1(CN)COc2ccccc2C1. The van der Waals surface area contributed by atoms with Crippen LogP contribution in [0.3, 0.4) is 0 Å². The number of rotatable bonds is 6. The normalized spacial score (nSPS) is 23.5. The van der Waals surface area contributed by atoms with E-state index in [1.165, 1.54) is 6.42 Å². The molecule has 0 saturated carbocycles. The number of nitrogens with two attached hydrogens (primary N) is 1. The van der Waals surface area contributed by atoms with Gasteiger partial charge in [0.05, 0.1) is 12.7 Å². The van der Waals surface area contributed by atoms with Crippen LogP contribution in [-0.4, -0.2) is 24.4 Å². The minimum Gasteiger partial charge on any atom is -0.493 e. The van der Waals surface area contributed by atoms with Gasteiger partial charge < -0.3 is 15.6 Å². The summed E-state index contributed by atoms with van der Waals surface area (Å²) in [5.74, 6) is 0.937. The minimum absolute atomic E-state index is 0.317. The number of aliphatic hydroxyl groups excluding tert-OH is 1. The molecule has 1 heterocycles. The quantitative estimate of drug-likeness (QED) is 0.775. The fraction of sp³-hybridized carbons (Fsp3) is 0.625. The first-order valence-electron chi connectivity index (χ1n) is 7.30. The lowest BCUT2D eigenvalue weighted by atomic mass is 9.74. The van der Waals surface area contributed by atoms with E-state index in [4.69, 9.17) is 10.5 Å². The van der Waals surface area contributed by atoms with E-state index in [0.717, 1.165) is 37.0 Å². The van der Waals surface area contributed by atoms with Crippen molar-refractivity contribution in [2.45, 2.75) is 45.1 Å². The Balaban J connectivity index is 2.08. The van der Waals surface area contributed by atoms with E-state index in [-0.39, 0.29) is 11.5 Å². The summed E-state index contributed by atoms with van der Waals surface area (Å²) in [6.07, 6.45) is 4.64. The van der Waals surface area contributed by atoms with Gasteiger partial charge >= 0.3 is 0 Å². The molecule has 0 bridgehead atoms. The molecule has 3 N–H and O–H groups in total. The summed E-state index contributed by atoms with van der Waals surface area (Å²) < 4.78 is 5.82.